The Morgan fingerprint density at radius 3 is 2.37 bits per heavy atom. The fourth-order valence-electron chi connectivity index (χ4n) is 2.27. The van der Waals surface area contributed by atoms with Gasteiger partial charge in [-0.25, -0.2) is 0 Å². The normalized spacial score (nSPS) is 11.5. The molecule has 3 nitrogen and oxygen atoms in total. The van der Waals surface area contributed by atoms with E-state index in [4.69, 9.17) is 5.73 Å². The van der Waals surface area contributed by atoms with Crippen LogP contribution in [0.3, 0.4) is 0 Å². The van der Waals surface area contributed by atoms with Crippen molar-refractivity contribution in [2.24, 2.45) is 5.73 Å². The molecular weight excluding hydrogens is 260 g/mol. The standard InChI is InChI=1S/C15H24N2O.ClH/c1-3-14(12-13-8-6-5-7-9-13)17(4-2)15(18)10-11-16;/h5-9,14H,3-4,10-12,16H2,1-2H3;1H. The predicted molar refractivity (Wildman–Crippen MR) is 82.5 cm³/mol. The number of nitrogens with zero attached hydrogens (tertiary/aromatic N) is 1. The van der Waals surface area contributed by atoms with Gasteiger partial charge < -0.3 is 10.6 Å². The van der Waals surface area contributed by atoms with Crippen LogP contribution in [0.15, 0.2) is 30.3 Å². The van der Waals surface area contributed by atoms with Gasteiger partial charge in [0.05, 0.1) is 0 Å². The lowest BCUT2D eigenvalue weighted by molar-refractivity contribution is -0.133. The maximum atomic E-state index is 12.0. The second-order valence-corrected chi connectivity index (χ2v) is 4.47. The quantitative estimate of drug-likeness (QED) is 0.837. The van der Waals surface area contributed by atoms with Crippen LogP contribution in [0.2, 0.25) is 0 Å². The van der Waals surface area contributed by atoms with E-state index in [2.05, 4.69) is 19.1 Å². The van der Waals surface area contributed by atoms with Crippen LogP contribution in [0.5, 0.6) is 0 Å². The van der Waals surface area contributed by atoms with Gasteiger partial charge in [0, 0.05) is 25.6 Å². The molecule has 1 unspecified atom stereocenters. The molecule has 0 fully saturated rings. The summed E-state index contributed by atoms with van der Waals surface area (Å²) in [6, 6.07) is 10.6. The number of benzene rings is 1. The van der Waals surface area contributed by atoms with Crippen LogP contribution in [-0.2, 0) is 11.2 Å². The van der Waals surface area contributed by atoms with Gasteiger partial charge in [0.15, 0.2) is 0 Å². The number of carbonyl (C=O) groups excluding carboxylic acids is 1. The number of likely N-dealkylation sites (N-methyl/N-ethyl adjacent to an activating group) is 1. The van der Waals surface area contributed by atoms with Gasteiger partial charge in [-0.15, -0.1) is 12.4 Å². The molecule has 0 heterocycles. The summed E-state index contributed by atoms with van der Waals surface area (Å²) in [4.78, 5) is 14.0. The molecular formula is C15H25ClN2O. The van der Waals surface area contributed by atoms with E-state index < -0.39 is 0 Å². The fourth-order valence-corrected chi connectivity index (χ4v) is 2.27. The largest absolute Gasteiger partial charge is 0.340 e. The minimum atomic E-state index is 0. The molecule has 0 saturated heterocycles. The van der Waals surface area contributed by atoms with Crippen LogP contribution in [0.1, 0.15) is 32.3 Å². The monoisotopic (exact) mass is 284 g/mol. The Kier molecular flexibility index (Phi) is 9.27. The van der Waals surface area contributed by atoms with Crippen LogP contribution in [0, 0.1) is 0 Å². The maximum absolute atomic E-state index is 12.0. The van der Waals surface area contributed by atoms with Crippen molar-refractivity contribution in [2.75, 3.05) is 13.1 Å². The number of amides is 1. The van der Waals surface area contributed by atoms with Gasteiger partial charge in [-0.3, -0.25) is 4.79 Å². The zero-order valence-electron chi connectivity index (χ0n) is 11.8. The van der Waals surface area contributed by atoms with Crippen LogP contribution in [-0.4, -0.2) is 29.9 Å². The van der Waals surface area contributed by atoms with E-state index in [9.17, 15) is 4.79 Å². The minimum absolute atomic E-state index is 0. The molecule has 0 aromatic heterocycles. The summed E-state index contributed by atoms with van der Waals surface area (Å²) in [6.45, 7) is 5.34. The molecule has 0 spiro atoms. The molecule has 0 aliphatic carbocycles. The van der Waals surface area contributed by atoms with Crippen LogP contribution >= 0.6 is 12.4 Å². The number of nitrogens with two attached hydrogens (primary N) is 1. The van der Waals surface area contributed by atoms with Gasteiger partial charge in [0.1, 0.15) is 0 Å². The highest BCUT2D eigenvalue weighted by atomic mass is 35.5. The molecule has 4 heteroatoms. The van der Waals surface area contributed by atoms with Crippen molar-refractivity contribution in [3.8, 4) is 0 Å². The van der Waals surface area contributed by atoms with E-state index in [1.165, 1.54) is 5.56 Å². The second-order valence-electron chi connectivity index (χ2n) is 4.47. The smallest absolute Gasteiger partial charge is 0.224 e. The number of halogens is 1. The lowest BCUT2D eigenvalue weighted by Gasteiger charge is -2.30. The van der Waals surface area contributed by atoms with Crippen molar-refractivity contribution < 1.29 is 4.79 Å². The summed E-state index contributed by atoms with van der Waals surface area (Å²) >= 11 is 0. The molecule has 0 aliphatic heterocycles. The van der Waals surface area contributed by atoms with E-state index in [-0.39, 0.29) is 24.4 Å². The lowest BCUT2D eigenvalue weighted by Crippen LogP contribution is -2.41. The van der Waals surface area contributed by atoms with E-state index in [0.717, 1.165) is 19.4 Å². The molecule has 1 atom stereocenters. The second kappa shape index (κ2) is 9.82. The molecule has 19 heavy (non-hydrogen) atoms. The van der Waals surface area contributed by atoms with Crippen molar-refractivity contribution in [3.63, 3.8) is 0 Å². The average Bonchev–Trinajstić information content (AvgIpc) is 2.40. The summed E-state index contributed by atoms with van der Waals surface area (Å²) < 4.78 is 0. The van der Waals surface area contributed by atoms with Crippen LogP contribution < -0.4 is 5.73 Å². The fraction of sp³-hybridized carbons (Fsp3) is 0.533. The van der Waals surface area contributed by atoms with E-state index >= 15 is 0 Å². The highest BCUT2D eigenvalue weighted by Crippen LogP contribution is 2.13. The van der Waals surface area contributed by atoms with Crippen LogP contribution in [0.25, 0.3) is 0 Å². The highest BCUT2D eigenvalue weighted by Gasteiger charge is 2.20. The third kappa shape index (κ3) is 5.62. The van der Waals surface area contributed by atoms with Gasteiger partial charge in [-0.2, -0.15) is 0 Å². The average molecular weight is 285 g/mol. The molecule has 0 aliphatic rings. The Labute approximate surface area is 122 Å². The van der Waals surface area contributed by atoms with Gasteiger partial charge in [0.2, 0.25) is 5.91 Å². The molecule has 0 bridgehead atoms. The molecule has 1 aromatic carbocycles. The lowest BCUT2D eigenvalue weighted by atomic mass is 10.0. The van der Waals surface area contributed by atoms with Crippen molar-refractivity contribution >= 4 is 18.3 Å². The zero-order valence-corrected chi connectivity index (χ0v) is 12.7. The molecule has 0 radical (unpaired) electrons. The van der Waals surface area contributed by atoms with Gasteiger partial charge >= 0.3 is 0 Å². The Hall–Kier alpha value is -1.06. The minimum Gasteiger partial charge on any atom is -0.340 e. The summed E-state index contributed by atoms with van der Waals surface area (Å²) in [7, 11) is 0. The highest BCUT2D eigenvalue weighted by molar-refractivity contribution is 5.85. The van der Waals surface area contributed by atoms with E-state index in [0.29, 0.717) is 13.0 Å². The number of hydrogen-bond donors (Lipinski definition) is 1. The van der Waals surface area contributed by atoms with Crippen molar-refractivity contribution in [1.82, 2.24) is 4.90 Å². The van der Waals surface area contributed by atoms with Crippen molar-refractivity contribution in [1.29, 1.82) is 0 Å². The van der Waals surface area contributed by atoms with Gasteiger partial charge in [-0.1, -0.05) is 37.3 Å². The summed E-state index contributed by atoms with van der Waals surface area (Å²) in [5.74, 6) is 0.169. The number of hydrogen-bond acceptors (Lipinski definition) is 2. The Bertz CT molecular complexity index is 356. The SMILES string of the molecule is CCC(Cc1ccccc1)N(CC)C(=O)CCN.Cl. The third-order valence-corrected chi connectivity index (χ3v) is 3.25. The first-order valence-corrected chi connectivity index (χ1v) is 6.76. The van der Waals surface area contributed by atoms with Crippen molar-refractivity contribution in [3.05, 3.63) is 35.9 Å². The Balaban J connectivity index is 0.00000324. The molecule has 0 saturated carbocycles. The van der Waals surface area contributed by atoms with E-state index in [1.54, 1.807) is 0 Å². The molecule has 108 valence electrons. The number of carbonyl (C=O) groups is 1. The molecule has 2 N–H and O–H groups in total. The topological polar surface area (TPSA) is 46.3 Å². The predicted octanol–water partition coefficient (Wildman–Crippen LogP) is 2.63. The van der Waals surface area contributed by atoms with E-state index in [1.807, 2.05) is 30.0 Å². The number of rotatable bonds is 7. The molecule has 1 aromatic rings. The Morgan fingerprint density at radius 1 is 1.26 bits per heavy atom. The summed E-state index contributed by atoms with van der Waals surface area (Å²) in [5, 5.41) is 0. The van der Waals surface area contributed by atoms with Crippen molar-refractivity contribution in [2.45, 2.75) is 39.2 Å². The first kappa shape index (κ1) is 17.9. The first-order chi connectivity index (χ1) is 8.72. The molecule has 1 amide bonds. The Morgan fingerprint density at radius 2 is 1.89 bits per heavy atom. The van der Waals surface area contributed by atoms with Gasteiger partial charge in [-0.05, 0) is 25.3 Å². The zero-order chi connectivity index (χ0) is 13.4. The van der Waals surface area contributed by atoms with Gasteiger partial charge in [0.25, 0.3) is 0 Å². The third-order valence-electron chi connectivity index (χ3n) is 3.25. The maximum Gasteiger partial charge on any atom is 0.224 e. The first-order valence-electron chi connectivity index (χ1n) is 6.76. The summed E-state index contributed by atoms with van der Waals surface area (Å²) in [6.07, 6.45) is 2.33. The summed E-state index contributed by atoms with van der Waals surface area (Å²) in [5.41, 5.74) is 6.75. The van der Waals surface area contributed by atoms with Crippen LogP contribution in [0.4, 0.5) is 0 Å². The molecule has 1 rings (SSSR count).